The van der Waals surface area contributed by atoms with Gasteiger partial charge in [0.2, 0.25) is 0 Å². The van der Waals surface area contributed by atoms with E-state index in [0.717, 1.165) is 29.9 Å². The van der Waals surface area contributed by atoms with Gasteiger partial charge in [0.25, 0.3) is 0 Å². The number of Topliss-reactive ketones (excluding diaryl/α,β-unsaturated/α-hetero) is 1. The molecule has 4 rings (SSSR count). The van der Waals surface area contributed by atoms with Crippen LogP contribution >= 0.6 is 34.8 Å². The summed E-state index contributed by atoms with van der Waals surface area (Å²) in [5.74, 6) is 0.618. The number of fused-ring (bicyclic) bond motifs is 1. The SMILES string of the molecule is O=C1CCCc2c1c(Nc1ccc(Cl)c(Cl)c1)nn2-c1ccc(Cl)cc1. The van der Waals surface area contributed by atoms with Gasteiger partial charge in [-0.1, -0.05) is 34.8 Å². The van der Waals surface area contributed by atoms with Gasteiger partial charge in [-0.15, -0.1) is 5.10 Å². The molecule has 2 aromatic carbocycles. The predicted molar refractivity (Wildman–Crippen MR) is 106 cm³/mol. The summed E-state index contributed by atoms with van der Waals surface area (Å²) < 4.78 is 1.81. The van der Waals surface area contributed by atoms with Crippen LogP contribution in [0, 0.1) is 0 Å². The third kappa shape index (κ3) is 3.20. The van der Waals surface area contributed by atoms with Crippen LogP contribution in [0.25, 0.3) is 5.69 Å². The number of carbonyl (C=O) groups is 1. The Morgan fingerprint density at radius 1 is 0.962 bits per heavy atom. The number of anilines is 2. The third-order valence-electron chi connectivity index (χ3n) is 4.33. The summed E-state index contributed by atoms with van der Waals surface area (Å²) in [6.07, 6.45) is 2.13. The van der Waals surface area contributed by atoms with E-state index in [2.05, 4.69) is 10.4 Å². The summed E-state index contributed by atoms with van der Waals surface area (Å²) in [6, 6.07) is 12.6. The number of aromatic nitrogens is 2. The molecule has 0 aliphatic heterocycles. The van der Waals surface area contributed by atoms with Crippen molar-refractivity contribution in [3.63, 3.8) is 0 Å². The number of hydrogen-bond donors (Lipinski definition) is 1. The van der Waals surface area contributed by atoms with Gasteiger partial charge in [0.05, 0.1) is 27.0 Å². The minimum Gasteiger partial charge on any atom is -0.338 e. The fraction of sp³-hybridized carbons (Fsp3) is 0.158. The first-order valence-electron chi connectivity index (χ1n) is 8.16. The van der Waals surface area contributed by atoms with Crippen LogP contribution in [0.2, 0.25) is 15.1 Å². The molecular weight excluding hydrogens is 393 g/mol. The first-order valence-corrected chi connectivity index (χ1v) is 9.29. The minimum absolute atomic E-state index is 0.0917. The van der Waals surface area contributed by atoms with Crippen molar-refractivity contribution in [2.24, 2.45) is 0 Å². The fourth-order valence-electron chi connectivity index (χ4n) is 3.11. The lowest BCUT2D eigenvalue weighted by atomic mass is 9.95. The van der Waals surface area contributed by atoms with Crippen LogP contribution in [-0.4, -0.2) is 15.6 Å². The molecule has 0 unspecified atom stereocenters. The van der Waals surface area contributed by atoms with E-state index >= 15 is 0 Å². The average Bonchev–Trinajstić information content (AvgIpc) is 2.99. The summed E-state index contributed by atoms with van der Waals surface area (Å²) in [7, 11) is 0. The number of nitrogens with one attached hydrogen (secondary N) is 1. The molecule has 0 atom stereocenters. The summed E-state index contributed by atoms with van der Waals surface area (Å²) >= 11 is 18.1. The van der Waals surface area contributed by atoms with Crippen LogP contribution in [-0.2, 0) is 6.42 Å². The Kier molecular flexibility index (Phi) is 4.65. The monoisotopic (exact) mass is 405 g/mol. The van der Waals surface area contributed by atoms with Crippen molar-refractivity contribution >= 4 is 52.1 Å². The second-order valence-electron chi connectivity index (χ2n) is 6.09. The summed E-state index contributed by atoms with van der Waals surface area (Å²) in [6.45, 7) is 0. The van der Waals surface area contributed by atoms with E-state index in [1.807, 2.05) is 28.9 Å². The molecule has 0 spiro atoms. The Balaban J connectivity index is 1.80. The van der Waals surface area contributed by atoms with Gasteiger partial charge in [0, 0.05) is 17.1 Å². The largest absolute Gasteiger partial charge is 0.338 e. The highest BCUT2D eigenvalue weighted by molar-refractivity contribution is 6.42. The molecule has 1 heterocycles. The van der Waals surface area contributed by atoms with Crippen LogP contribution in [0.1, 0.15) is 28.9 Å². The van der Waals surface area contributed by atoms with E-state index in [-0.39, 0.29) is 5.78 Å². The molecule has 1 aromatic heterocycles. The lowest BCUT2D eigenvalue weighted by molar-refractivity contribution is 0.0973. The highest BCUT2D eigenvalue weighted by Crippen LogP contribution is 2.33. The van der Waals surface area contributed by atoms with E-state index in [0.29, 0.717) is 32.9 Å². The first kappa shape index (κ1) is 17.4. The van der Waals surface area contributed by atoms with Crippen LogP contribution in [0.3, 0.4) is 0 Å². The summed E-state index contributed by atoms with van der Waals surface area (Å²) in [5.41, 5.74) is 3.13. The molecule has 0 bridgehead atoms. The van der Waals surface area contributed by atoms with Crippen molar-refractivity contribution < 1.29 is 4.79 Å². The van der Waals surface area contributed by atoms with Gasteiger partial charge >= 0.3 is 0 Å². The van der Waals surface area contributed by atoms with E-state index < -0.39 is 0 Å². The quantitative estimate of drug-likeness (QED) is 0.572. The van der Waals surface area contributed by atoms with Crippen LogP contribution in [0.15, 0.2) is 42.5 Å². The van der Waals surface area contributed by atoms with Crippen molar-refractivity contribution in [1.29, 1.82) is 0 Å². The predicted octanol–water partition coefficient (Wildman–Crippen LogP) is 6.10. The zero-order valence-electron chi connectivity index (χ0n) is 13.6. The van der Waals surface area contributed by atoms with Crippen LogP contribution in [0.4, 0.5) is 11.5 Å². The number of nitrogens with zero attached hydrogens (tertiary/aromatic N) is 2. The Morgan fingerprint density at radius 2 is 1.73 bits per heavy atom. The van der Waals surface area contributed by atoms with Crippen LogP contribution in [0.5, 0.6) is 0 Å². The Bertz CT molecular complexity index is 996. The number of benzene rings is 2. The lowest BCUT2D eigenvalue weighted by Gasteiger charge is -2.13. The van der Waals surface area contributed by atoms with E-state index in [9.17, 15) is 4.79 Å². The van der Waals surface area contributed by atoms with Gasteiger partial charge in [0.1, 0.15) is 0 Å². The van der Waals surface area contributed by atoms with Crippen LogP contribution < -0.4 is 5.32 Å². The van der Waals surface area contributed by atoms with Gasteiger partial charge < -0.3 is 5.32 Å². The standard InChI is InChI=1S/C19H14Cl3N3O/c20-11-4-7-13(8-5-11)25-16-2-1-3-17(26)18(16)19(24-25)23-12-6-9-14(21)15(22)10-12/h4-10H,1-3H2,(H,23,24). The zero-order chi connectivity index (χ0) is 18.3. The Morgan fingerprint density at radius 3 is 2.46 bits per heavy atom. The molecule has 0 radical (unpaired) electrons. The molecule has 132 valence electrons. The molecular formula is C19H14Cl3N3O. The van der Waals surface area contributed by atoms with Crippen molar-refractivity contribution in [1.82, 2.24) is 9.78 Å². The molecule has 3 aromatic rings. The van der Waals surface area contributed by atoms with Gasteiger partial charge in [-0.2, -0.15) is 0 Å². The fourth-order valence-corrected chi connectivity index (χ4v) is 3.54. The first-order chi connectivity index (χ1) is 12.5. The average molecular weight is 407 g/mol. The van der Waals surface area contributed by atoms with Crippen molar-refractivity contribution in [3.05, 3.63) is 68.8 Å². The maximum absolute atomic E-state index is 12.6. The molecule has 0 fully saturated rings. The van der Waals surface area contributed by atoms with E-state index in [1.165, 1.54) is 0 Å². The smallest absolute Gasteiger partial charge is 0.168 e. The normalized spacial score (nSPS) is 13.6. The van der Waals surface area contributed by atoms with Crippen molar-refractivity contribution in [3.8, 4) is 5.69 Å². The molecule has 1 N–H and O–H groups in total. The second-order valence-corrected chi connectivity index (χ2v) is 7.34. The van der Waals surface area contributed by atoms with E-state index in [4.69, 9.17) is 34.8 Å². The molecule has 0 saturated heterocycles. The van der Waals surface area contributed by atoms with Gasteiger partial charge in [0.15, 0.2) is 11.6 Å². The maximum Gasteiger partial charge on any atom is 0.168 e. The molecule has 0 amide bonds. The van der Waals surface area contributed by atoms with Gasteiger partial charge in [-0.3, -0.25) is 4.79 Å². The molecule has 4 nitrogen and oxygen atoms in total. The summed E-state index contributed by atoms with van der Waals surface area (Å²) in [4.78, 5) is 12.6. The Hall–Kier alpha value is -2.01. The van der Waals surface area contributed by atoms with Gasteiger partial charge in [-0.25, -0.2) is 4.68 Å². The van der Waals surface area contributed by atoms with Gasteiger partial charge in [-0.05, 0) is 55.3 Å². The number of rotatable bonds is 3. The Labute approximate surface area is 165 Å². The molecule has 1 aliphatic carbocycles. The summed E-state index contributed by atoms with van der Waals surface area (Å²) in [5, 5.41) is 9.43. The number of carbonyl (C=O) groups excluding carboxylic acids is 1. The zero-order valence-corrected chi connectivity index (χ0v) is 15.9. The number of hydrogen-bond acceptors (Lipinski definition) is 3. The molecule has 1 aliphatic rings. The second kappa shape index (κ2) is 6.95. The molecule has 7 heteroatoms. The third-order valence-corrected chi connectivity index (χ3v) is 5.32. The van der Waals surface area contributed by atoms with Crippen molar-refractivity contribution in [2.45, 2.75) is 19.3 Å². The topological polar surface area (TPSA) is 46.9 Å². The molecule has 26 heavy (non-hydrogen) atoms. The maximum atomic E-state index is 12.6. The minimum atomic E-state index is 0.0917. The lowest BCUT2D eigenvalue weighted by Crippen LogP contribution is -2.13. The highest BCUT2D eigenvalue weighted by atomic mass is 35.5. The van der Waals surface area contributed by atoms with E-state index in [1.54, 1.807) is 18.2 Å². The number of ketones is 1. The number of halogens is 3. The molecule has 0 saturated carbocycles. The van der Waals surface area contributed by atoms with Crippen molar-refractivity contribution in [2.75, 3.05) is 5.32 Å². The highest BCUT2D eigenvalue weighted by Gasteiger charge is 2.27.